The molecule has 1 fully saturated rings. The summed E-state index contributed by atoms with van der Waals surface area (Å²) in [5.74, 6) is 1.19. The fourth-order valence-corrected chi connectivity index (χ4v) is 7.21. The number of anilines is 1. The van der Waals surface area contributed by atoms with Crippen LogP contribution in [0.15, 0.2) is 66.9 Å². The van der Waals surface area contributed by atoms with Gasteiger partial charge in [0, 0.05) is 55.8 Å². The van der Waals surface area contributed by atoms with Gasteiger partial charge in [0.05, 0.1) is 19.6 Å². The van der Waals surface area contributed by atoms with Crippen LogP contribution in [0, 0.1) is 12.8 Å². The molecule has 2 N–H and O–H groups in total. The maximum atomic E-state index is 12.9. The van der Waals surface area contributed by atoms with Gasteiger partial charge in [0.25, 0.3) is 0 Å². The molecular formula is C40H47N3O6. The first kappa shape index (κ1) is 34.2. The number of nitrogens with two attached hydrogens (primary N) is 1. The summed E-state index contributed by atoms with van der Waals surface area (Å²) in [6, 6.07) is 20.8. The zero-order valence-corrected chi connectivity index (χ0v) is 29.0. The fraction of sp³-hybridized carbons (Fsp3) is 0.425. The first-order chi connectivity index (χ1) is 23.7. The summed E-state index contributed by atoms with van der Waals surface area (Å²) >= 11 is 0. The molecule has 0 bridgehead atoms. The van der Waals surface area contributed by atoms with Crippen molar-refractivity contribution in [1.82, 2.24) is 9.88 Å². The molecule has 6 rings (SSSR count). The van der Waals surface area contributed by atoms with E-state index in [1.165, 1.54) is 5.56 Å². The van der Waals surface area contributed by atoms with Gasteiger partial charge in [-0.15, -0.1) is 0 Å². The van der Waals surface area contributed by atoms with E-state index in [0.717, 1.165) is 57.9 Å². The molecule has 1 unspecified atom stereocenters. The Labute approximate surface area is 288 Å². The van der Waals surface area contributed by atoms with Crippen molar-refractivity contribution in [3.8, 4) is 16.9 Å². The minimum atomic E-state index is -0.289. The Morgan fingerprint density at radius 2 is 1.78 bits per heavy atom. The van der Waals surface area contributed by atoms with Crippen LogP contribution in [-0.4, -0.2) is 62.0 Å². The summed E-state index contributed by atoms with van der Waals surface area (Å²) in [7, 11) is 1.63. The van der Waals surface area contributed by atoms with E-state index in [1.54, 1.807) is 13.3 Å². The Kier molecular flexibility index (Phi) is 10.4. The molecule has 1 saturated heterocycles. The van der Waals surface area contributed by atoms with Gasteiger partial charge in [0.15, 0.2) is 0 Å². The van der Waals surface area contributed by atoms with Gasteiger partial charge < -0.3 is 29.6 Å². The number of benzene rings is 3. The molecule has 1 amide bonds. The number of hydrogen-bond donors (Lipinski definition) is 1. The van der Waals surface area contributed by atoms with E-state index in [1.807, 2.05) is 49.9 Å². The smallest absolute Gasteiger partial charge is 0.409 e. The normalized spacial score (nSPS) is 16.6. The number of nitrogen functional groups attached to an aromatic ring is 1. The number of piperidine rings is 1. The quantitative estimate of drug-likeness (QED) is 0.129. The van der Waals surface area contributed by atoms with Crippen molar-refractivity contribution in [2.75, 3.05) is 45.8 Å². The van der Waals surface area contributed by atoms with Crippen molar-refractivity contribution in [2.45, 2.75) is 64.4 Å². The first-order valence-electron chi connectivity index (χ1n) is 17.3. The van der Waals surface area contributed by atoms with Gasteiger partial charge in [-0.25, -0.2) is 9.78 Å². The highest BCUT2D eigenvalue weighted by molar-refractivity contribution is 5.94. The lowest BCUT2D eigenvalue weighted by atomic mass is 9.73. The van der Waals surface area contributed by atoms with Crippen molar-refractivity contribution in [2.24, 2.45) is 5.92 Å². The van der Waals surface area contributed by atoms with Crippen molar-refractivity contribution >= 4 is 28.7 Å². The highest BCUT2D eigenvalue weighted by Crippen LogP contribution is 2.53. The predicted octanol–water partition coefficient (Wildman–Crippen LogP) is 7.56. The molecule has 3 aromatic carbocycles. The van der Waals surface area contributed by atoms with E-state index < -0.39 is 0 Å². The monoisotopic (exact) mass is 665 g/mol. The molecule has 2 aliphatic rings. The number of amides is 1. The summed E-state index contributed by atoms with van der Waals surface area (Å²) in [4.78, 5) is 31.9. The predicted molar refractivity (Wildman–Crippen MR) is 191 cm³/mol. The summed E-state index contributed by atoms with van der Waals surface area (Å²) in [6.07, 6.45) is 4.39. The average Bonchev–Trinajstić information content (AvgIpc) is 3.38. The number of esters is 1. The first-order valence-corrected chi connectivity index (χ1v) is 17.3. The summed E-state index contributed by atoms with van der Waals surface area (Å²) in [5, 5.41) is 1.96. The molecule has 2 heterocycles. The van der Waals surface area contributed by atoms with Crippen LogP contribution in [0.2, 0.25) is 0 Å². The summed E-state index contributed by atoms with van der Waals surface area (Å²) in [6.45, 7) is 8.58. The maximum Gasteiger partial charge on any atom is 0.409 e. The molecule has 1 aromatic heterocycles. The number of ether oxygens (including phenoxy) is 4. The second-order valence-corrected chi connectivity index (χ2v) is 13.8. The van der Waals surface area contributed by atoms with E-state index in [2.05, 4.69) is 41.4 Å². The lowest BCUT2D eigenvalue weighted by Gasteiger charge is -2.39. The lowest BCUT2D eigenvalue weighted by molar-refractivity contribution is -0.143. The molecule has 0 saturated carbocycles. The van der Waals surface area contributed by atoms with Crippen LogP contribution in [0.5, 0.6) is 5.75 Å². The van der Waals surface area contributed by atoms with Crippen molar-refractivity contribution in [3.63, 3.8) is 0 Å². The van der Waals surface area contributed by atoms with Crippen LogP contribution < -0.4 is 10.5 Å². The van der Waals surface area contributed by atoms with Crippen LogP contribution in [0.1, 0.15) is 67.9 Å². The molecule has 9 nitrogen and oxygen atoms in total. The van der Waals surface area contributed by atoms with Crippen molar-refractivity contribution < 1.29 is 28.5 Å². The number of hydrogen-bond acceptors (Lipinski definition) is 8. The largest absolute Gasteiger partial charge is 0.485 e. The number of nitrogens with zero attached hydrogens (tertiary/aromatic N) is 2. The average molecular weight is 666 g/mol. The third-order valence-electron chi connectivity index (χ3n) is 9.91. The van der Waals surface area contributed by atoms with Gasteiger partial charge >= 0.3 is 12.1 Å². The fourth-order valence-electron chi connectivity index (χ4n) is 7.21. The van der Waals surface area contributed by atoms with Gasteiger partial charge in [-0.3, -0.25) is 4.79 Å². The molecule has 1 spiro atoms. The van der Waals surface area contributed by atoms with Gasteiger partial charge in [-0.2, -0.15) is 0 Å². The second kappa shape index (κ2) is 14.9. The number of aromatic nitrogens is 1. The molecule has 0 radical (unpaired) electrons. The molecule has 4 aromatic rings. The SMILES string of the molecule is COCCCOC(=O)Cc1c(C)cccc1OC1CC2(CCN(C(=O)OCC(C)C)CC2)c2ccc(-c3ccc4ccnc(N)c4c3)cc21. The number of aryl methyl sites for hydroxylation is 1. The molecule has 9 heteroatoms. The van der Waals surface area contributed by atoms with E-state index >= 15 is 0 Å². The lowest BCUT2D eigenvalue weighted by Crippen LogP contribution is -2.45. The summed E-state index contributed by atoms with van der Waals surface area (Å²) in [5.41, 5.74) is 12.4. The van der Waals surface area contributed by atoms with Crippen LogP contribution >= 0.6 is 0 Å². The highest BCUT2D eigenvalue weighted by atomic mass is 16.6. The van der Waals surface area contributed by atoms with Gasteiger partial charge in [-0.1, -0.05) is 50.2 Å². The van der Waals surface area contributed by atoms with E-state index in [0.29, 0.717) is 50.9 Å². The topological polar surface area (TPSA) is 113 Å². The number of fused-ring (bicyclic) bond motifs is 3. The number of rotatable bonds is 11. The van der Waals surface area contributed by atoms with E-state index in [-0.39, 0.29) is 35.9 Å². The number of carbonyl (C=O) groups is 2. The van der Waals surface area contributed by atoms with Gasteiger partial charge in [0.2, 0.25) is 0 Å². The molecule has 1 aliphatic carbocycles. The maximum absolute atomic E-state index is 12.9. The molecule has 49 heavy (non-hydrogen) atoms. The summed E-state index contributed by atoms with van der Waals surface area (Å²) < 4.78 is 23.1. The Hall–Kier alpha value is -4.63. The highest BCUT2D eigenvalue weighted by Gasteiger charge is 2.47. The second-order valence-electron chi connectivity index (χ2n) is 13.8. The van der Waals surface area contributed by atoms with Crippen LogP contribution in [-0.2, 0) is 30.8 Å². The van der Waals surface area contributed by atoms with Crippen LogP contribution in [0.3, 0.4) is 0 Å². The Morgan fingerprint density at radius 3 is 2.55 bits per heavy atom. The zero-order valence-electron chi connectivity index (χ0n) is 29.0. The van der Waals surface area contributed by atoms with Gasteiger partial charge in [0.1, 0.15) is 17.7 Å². The minimum Gasteiger partial charge on any atom is -0.485 e. The van der Waals surface area contributed by atoms with Crippen molar-refractivity contribution in [3.05, 3.63) is 89.1 Å². The molecule has 1 atom stereocenters. The Bertz CT molecular complexity index is 1810. The number of likely N-dealkylation sites (tertiary alicyclic amines) is 1. The van der Waals surface area contributed by atoms with Crippen LogP contribution in [0.4, 0.5) is 10.6 Å². The Balaban J connectivity index is 1.31. The standard InChI is InChI=1S/C40H47N3O6/c1-26(2)25-48-39(45)43-17-14-40(15-18-43)24-36(49-35-8-5-7-27(3)31(35)23-37(44)47-20-6-19-46-4)33-22-30(11-12-34(33)40)29-10-9-28-13-16-42-38(41)32(28)21-29/h5,7-13,16,21-22,26,36H,6,14-15,17-20,23-25H2,1-4H3,(H2,41,42). The Morgan fingerprint density at radius 1 is 1.00 bits per heavy atom. The molecular weight excluding hydrogens is 618 g/mol. The third-order valence-corrected chi connectivity index (χ3v) is 9.91. The number of carbonyl (C=O) groups excluding carboxylic acids is 2. The minimum absolute atomic E-state index is 0.125. The van der Waals surface area contributed by atoms with Crippen LogP contribution in [0.25, 0.3) is 21.9 Å². The molecule has 258 valence electrons. The zero-order chi connectivity index (χ0) is 34.5. The van der Waals surface area contributed by atoms with Gasteiger partial charge in [-0.05, 0) is 89.6 Å². The van der Waals surface area contributed by atoms with E-state index in [4.69, 9.17) is 24.7 Å². The number of methoxy groups -OCH3 is 1. The molecule has 1 aliphatic heterocycles. The number of pyridine rings is 1. The van der Waals surface area contributed by atoms with E-state index in [9.17, 15) is 9.59 Å². The van der Waals surface area contributed by atoms with Crippen molar-refractivity contribution in [1.29, 1.82) is 0 Å². The third kappa shape index (κ3) is 7.52.